The van der Waals surface area contributed by atoms with E-state index in [1.165, 1.54) is 6.07 Å². The molecule has 0 fully saturated rings. The Morgan fingerprint density at radius 3 is 2.83 bits per heavy atom. The summed E-state index contributed by atoms with van der Waals surface area (Å²) in [6.45, 7) is 1.81. The predicted octanol–water partition coefficient (Wildman–Crippen LogP) is 4.34. The van der Waals surface area contributed by atoms with Crippen LogP contribution >= 0.6 is 27.5 Å². The number of hydrogen-bond acceptors (Lipinski definition) is 7. The van der Waals surface area contributed by atoms with Crippen LogP contribution in [-0.2, 0) is 13.1 Å². The number of rotatable bonds is 4. The van der Waals surface area contributed by atoms with Gasteiger partial charge in [0.1, 0.15) is 23.0 Å². The first kappa shape index (κ1) is 25.7. The standard InChI is InChI=1S/C28H22BrClN8O3/c29-17-3-6-25-19(11-17)23(7-10-41-25)38-14-22(34-35-38)20-13-31-37-9-8-36(15-24(20)37)28(40)21-12-26(39)33-27(32-21)16-1-4-18(30)5-2-16/h1-6,11-14,23H,7-10,15H2,(H,32,33,39)/t23-/m0/s1. The normalized spacial score (nSPS) is 16.1. The van der Waals surface area contributed by atoms with E-state index in [4.69, 9.17) is 16.3 Å². The number of benzene rings is 2. The number of ether oxygens (including phenoxy) is 1. The molecule has 3 aromatic heterocycles. The highest BCUT2D eigenvalue weighted by molar-refractivity contribution is 9.10. The molecule has 0 saturated carbocycles. The van der Waals surface area contributed by atoms with E-state index < -0.39 is 5.56 Å². The molecule has 0 spiro atoms. The molecule has 1 atom stereocenters. The van der Waals surface area contributed by atoms with Gasteiger partial charge in [-0.1, -0.05) is 32.7 Å². The number of carbonyl (C=O) groups excluding carboxylic acids is 1. The van der Waals surface area contributed by atoms with Crippen molar-refractivity contribution in [2.75, 3.05) is 13.2 Å². The van der Waals surface area contributed by atoms with E-state index in [0.29, 0.717) is 48.3 Å². The van der Waals surface area contributed by atoms with E-state index in [9.17, 15) is 9.59 Å². The fourth-order valence-electron chi connectivity index (χ4n) is 5.28. The summed E-state index contributed by atoms with van der Waals surface area (Å²) >= 11 is 9.54. The molecule has 0 radical (unpaired) electrons. The van der Waals surface area contributed by atoms with E-state index in [-0.39, 0.29) is 17.6 Å². The fourth-order valence-corrected chi connectivity index (χ4v) is 5.79. The molecule has 0 saturated heterocycles. The van der Waals surface area contributed by atoms with Crippen LogP contribution in [0.15, 0.2) is 70.2 Å². The minimum atomic E-state index is -0.408. The van der Waals surface area contributed by atoms with Crippen molar-refractivity contribution in [3.8, 4) is 28.4 Å². The number of nitrogens with zero attached hydrogens (tertiary/aromatic N) is 7. The van der Waals surface area contributed by atoms with Crippen molar-refractivity contribution in [2.24, 2.45) is 0 Å². The molecule has 206 valence electrons. The van der Waals surface area contributed by atoms with Crippen molar-refractivity contribution < 1.29 is 9.53 Å². The smallest absolute Gasteiger partial charge is 0.273 e. The number of carbonyl (C=O) groups is 1. The fraction of sp³-hybridized carbons (Fsp3) is 0.214. The SMILES string of the molecule is O=C(c1cc(=O)[nH]c(-c2ccc(Cl)cc2)n1)N1CCn2ncc(-c3cn([C@H]4CCOc5ccc(Br)cc54)nn3)c2C1. The molecule has 0 bridgehead atoms. The van der Waals surface area contributed by atoms with Gasteiger partial charge >= 0.3 is 0 Å². The molecule has 11 nitrogen and oxygen atoms in total. The Kier molecular flexibility index (Phi) is 6.43. The molecular weight excluding hydrogens is 612 g/mol. The minimum absolute atomic E-state index is 0.0148. The van der Waals surface area contributed by atoms with Gasteiger partial charge in [0.2, 0.25) is 0 Å². The van der Waals surface area contributed by atoms with Crippen molar-refractivity contribution in [3.63, 3.8) is 0 Å². The first-order valence-electron chi connectivity index (χ1n) is 13.0. The van der Waals surface area contributed by atoms with Gasteiger partial charge in [-0.05, 0) is 42.5 Å². The second kappa shape index (κ2) is 10.3. The van der Waals surface area contributed by atoms with Gasteiger partial charge < -0.3 is 14.6 Å². The monoisotopic (exact) mass is 632 g/mol. The molecule has 5 aromatic rings. The lowest BCUT2D eigenvalue weighted by atomic mass is 10.0. The highest BCUT2D eigenvalue weighted by Gasteiger charge is 2.29. The van der Waals surface area contributed by atoms with E-state index >= 15 is 0 Å². The van der Waals surface area contributed by atoms with Crippen molar-refractivity contribution in [3.05, 3.63) is 97.7 Å². The lowest BCUT2D eigenvalue weighted by Crippen LogP contribution is -2.39. The van der Waals surface area contributed by atoms with Gasteiger partial charge in [0.05, 0.1) is 43.8 Å². The van der Waals surface area contributed by atoms with Crippen LogP contribution in [0.4, 0.5) is 0 Å². The van der Waals surface area contributed by atoms with Gasteiger partial charge in [-0.25, -0.2) is 9.67 Å². The summed E-state index contributed by atoms with van der Waals surface area (Å²) in [5, 5.41) is 14.0. The van der Waals surface area contributed by atoms with Gasteiger partial charge in [-0.3, -0.25) is 14.3 Å². The molecule has 7 rings (SSSR count). The molecule has 0 aliphatic carbocycles. The number of hydrogen-bond donors (Lipinski definition) is 1. The molecule has 2 aliphatic rings. The average molecular weight is 634 g/mol. The van der Waals surface area contributed by atoms with Crippen molar-refractivity contribution in [2.45, 2.75) is 25.6 Å². The van der Waals surface area contributed by atoms with Crippen LogP contribution in [0.25, 0.3) is 22.6 Å². The largest absolute Gasteiger partial charge is 0.493 e. The Balaban J connectivity index is 1.15. The first-order chi connectivity index (χ1) is 19.9. The topological polar surface area (TPSA) is 124 Å². The zero-order valence-electron chi connectivity index (χ0n) is 21.5. The second-order valence-corrected chi connectivity index (χ2v) is 11.2. The van der Waals surface area contributed by atoms with Gasteiger partial charge in [-0.15, -0.1) is 5.10 Å². The van der Waals surface area contributed by atoms with E-state index in [1.807, 2.05) is 33.8 Å². The molecule has 13 heteroatoms. The van der Waals surface area contributed by atoms with Gasteiger partial charge in [0.15, 0.2) is 0 Å². The summed E-state index contributed by atoms with van der Waals surface area (Å²) in [7, 11) is 0. The molecule has 0 unspecified atom stereocenters. The number of H-pyrrole nitrogens is 1. The second-order valence-electron chi connectivity index (χ2n) is 9.86. The Morgan fingerprint density at radius 2 is 1.98 bits per heavy atom. The summed E-state index contributed by atoms with van der Waals surface area (Å²) < 4.78 is 10.5. The number of amides is 1. The van der Waals surface area contributed by atoms with Gasteiger partial charge in [0, 0.05) is 45.2 Å². The van der Waals surface area contributed by atoms with Crippen LogP contribution in [0.5, 0.6) is 5.75 Å². The van der Waals surface area contributed by atoms with Crippen LogP contribution in [0.2, 0.25) is 5.02 Å². The third-order valence-corrected chi connectivity index (χ3v) is 8.07. The molecule has 2 aliphatic heterocycles. The zero-order valence-corrected chi connectivity index (χ0v) is 23.8. The Bertz CT molecular complexity index is 1850. The van der Waals surface area contributed by atoms with E-state index in [1.54, 1.807) is 35.4 Å². The van der Waals surface area contributed by atoms with Crippen LogP contribution in [0, 0.1) is 0 Å². The zero-order chi connectivity index (χ0) is 28.1. The molecule has 1 N–H and O–H groups in total. The third-order valence-electron chi connectivity index (χ3n) is 7.32. The Morgan fingerprint density at radius 1 is 1.12 bits per heavy atom. The Labute approximate surface area is 246 Å². The number of nitrogens with one attached hydrogen (secondary N) is 1. The maximum Gasteiger partial charge on any atom is 0.273 e. The summed E-state index contributed by atoms with van der Waals surface area (Å²) in [5.41, 5.74) is 3.67. The van der Waals surface area contributed by atoms with Crippen molar-refractivity contribution in [1.82, 2.24) is 39.6 Å². The first-order valence-corrected chi connectivity index (χ1v) is 14.2. The lowest BCUT2D eigenvalue weighted by molar-refractivity contribution is 0.0700. The predicted molar refractivity (Wildman–Crippen MR) is 154 cm³/mol. The average Bonchev–Trinajstić information content (AvgIpc) is 3.63. The van der Waals surface area contributed by atoms with Crippen LogP contribution in [-0.4, -0.2) is 58.7 Å². The van der Waals surface area contributed by atoms with Gasteiger partial charge in [0.25, 0.3) is 11.5 Å². The van der Waals surface area contributed by atoms with Crippen LogP contribution in [0.1, 0.15) is 34.2 Å². The molecule has 41 heavy (non-hydrogen) atoms. The number of aromatic nitrogens is 7. The number of fused-ring (bicyclic) bond motifs is 2. The number of halogens is 2. The summed E-state index contributed by atoms with van der Waals surface area (Å²) in [5.74, 6) is 0.808. The Hall–Kier alpha value is -4.29. The molecule has 2 aromatic carbocycles. The lowest BCUT2D eigenvalue weighted by Gasteiger charge is -2.28. The highest BCUT2D eigenvalue weighted by Crippen LogP contribution is 2.37. The van der Waals surface area contributed by atoms with Gasteiger partial charge in [-0.2, -0.15) is 5.10 Å². The third kappa shape index (κ3) is 4.82. The summed E-state index contributed by atoms with van der Waals surface area (Å²) in [6, 6.07) is 14.1. The summed E-state index contributed by atoms with van der Waals surface area (Å²) in [4.78, 5) is 34.8. The highest BCUT2D eigenvalue weighted by atomic mass is 79.9. The summed E-state index contributed by atoms with van der Waals surface area (Å²) in [6.07, 6.45) is 4.44. The minimum Gasteiger partial charge on any atom is -0.493 e. The molecule has 5 heterocycles. The number of aromatic amines is 1. The van der Waals surface area contributed by atoms with Crippen LogP contribution in [0.3, 0.4) is 0 Å². The quantitative estimate of drug-likeness (QED) is 0.312. The van der Waals surface area contributed by atoms with E-state index in [2.05, 4.69) is 41.3 Å². The maximum absolute atomic E-state index is 13.5. The molecular formula is C28H22BrClN8O3. The van der Waals surface area contributed by atoms with Crippen molar-refractivity contribution >= 4 is 33.4 Å². The maximum atomic E-state index is 13.5. The van der Waals surface area contributed by atoms with E-state index in [0.717, 1.165) is 33.5 Å². The molecule has 1 amide bonds. The van der Waals surface area contributed by atoms with Crippen LogP contribution < -0.4 is 10.3 Å². The van der Waals surface area contributed by atoms with Crippen molar-refractivity contribution in [1.29, 1.82) is 0 Å².